The summed E-state index contributed by atoms with van der Waals surface area (Å²) in [5.41, 5.74) is -0.137. The maximum Gasteiger partial charge on any atom is 0.279 e. The number of nitrogens with one attached hydrogen (secondary N) is 2. The normalized spacial score (nSPS) is 27.1. The standard InChI is InChI=1S/C14H22N4O3S/c19-13-7-8-15-14(16-13)11-3-5-12(6-4-11)17-22(20,21)18-9-1-2-10-18/h7-8,11-12,17H,1-6,9-10H2,(H,15,16,19). The minimum atomic E-state index is -3.34. The van der Waals surface area contributed by atoms with Gasteiger partial charge in [0, 0.05) is 37.3 Å². The van der Waals surface area contributed by atoms with E-state index in [4.69, 9.17) is 0 Å². The fourth-order valence-electron chi connectivity index (χ4n) is 3.29. The summed E-state index contributed by atoms with van der Waals surface area (Å²) in [6.45, 7) is 1.25. The Morgan fingerprint density at radius 3 is 2.50 bits per heavy atom. The van der Waals surface area contributed by atoms with Gasteiger partial charge in [-0.2, -0.15) is 17.4 Å². The first kappa shape index (κ1) is 15.6. The molecule has 122 valence electrons. The Labute approximate surface area is 130 Å². The van der Waals surface area contributed by atoms with Gasteiger partial charge in [0.05, 0.1) is 0 Å². The van der Waals surface area contributed by atoms with Crippen LogP contribution in [0, 0.1) is 0 Å². The second kappa shape index (κ2) is 6.47. The monoisotopic (exact) mass is 326 g/mol. The molecule has 0 aromatic carbocycles. The number of H-pyrrole nitrogens is 1. The summed E-state index contributed by atoms with van der Waals surface area (Å²) in [6, 6.07) is 1.39. The number of aromatic nitrogens is 2. The maximum atomic E-state index is 12.3. The molecule has 1 saturated carbocycles. The molecule has 0 amide bonds. The van der Waals surface area contributed by atoms with Crippen LogP contribution >= 0.6 is 0 Å². The molecule has 22 heavy (non-hydrogen) atoms. The van der Waals surface area contributed by atoms with Gasteiger partial charge in [-0.3, -0.25) is 4.79 Å². The Bertz CT molecular complexity index is 659. The minimum Gasteiger partial charge on any atom is -0.310 e. The highest BCUT2D eigenvalue weighted by molar-refractivity contribution is 7.87. The quantitative estimate of drug-likeness (QED) is 0.852. The van der Waals surface area contributed by atoms with E-state index in [1.807, 2.05) is 0 Å². The second-order valence-corrected chi connectivity index (χ2v) is 7.80. The van der Waals surface area contributed by atoms with Crippen molar-refractivity contribution >= 4 is 10.2 Å². The highest BCUT2D eigenvalue weighted by Gasteiger charge is 2.30. The summed E-state index contributed by atoms with van der Waals surface area (Å²) in [6.07, 6.45) is 6.63. The third-order valence-electron chi connectivity index (χ3n) is 4.53. The predicted molar refractivity (Wildman–Crippen MR) is 82.7 cm³/mol. The molecule has 0 radical (unpaired) electrons. The molecule has 2 heterocycles. The van der Waals surface area contributed by atoms with Crippen molar-refractivity contribution in [1.82, 2.24) is 19.0 Å². The van der Waals surface area contributed by atoms with Crippen molar-refractivity contribution in [1.29, 1.82) is 0 Å². The van der Waals surface area contributed by atoms with E-state index in [1.54, 1.807) is 0 Å². The van der Waals surface area contributed by atoms with Crippen LogP contribution in [0.25, 0.3) is 0 Å². The number of nitrogens with zero attached hydrogens (tertiary/aromatic N) is 2. The Morgan fingerprint density at radius 2 is 1.86 bits per heavy atom. The van der Waals surface area contributed by atoms with Gasteiger partial charge < -0.3 is 4.98 Å². The number of rotatable bonds is 4. The third kappa shape index (κ3) is 3.56. The average molecular weight is 326 g/mol. The zero-order chi connectivity index (χ0) is 15.6. The maximum absolute atomic E-state index is 12.3. The average Bonchev–Trinajstić information content (AvgIpc) is 3.03. The zero-order valence-electron chi connectivity index (χ0n) is 12.5. The van der Waals surface area contributed by atoms with E-state index in [2.05, 4.69) is 14.7 Å². The molecule has 0 atom stereocenters. The lowest BCUT2D eigenvalue weighted by atomic mass is 9.86. The van der Waals surface area contributed by atoms with E-state index < -0.39 is 10.2 Å². The highest BCUT2D eigenvalue weighted by atomic mass is 32.2. The van der Waals surface area contributed by atoms with Gasteiger partial charge in [-0.15, -0.1) is 0 Å². The van der Waals surface area contributed by atoms with Crippen LogP contribution in [-0.4, -0.2) is 41.8 Å². The lowest BCUT2D eigenvalue weighted by Crippen LogP contribution is -2.45. The molecule has 1 aromatic rings. The van der Waals surface area contributed by atoms with Crippen molar-refractivity contribution in [3.8, 4) is 0 Å². The molecule has 0 unspecified atom stereocenters. The Kier molecular flexibility index (Phi) is 4.60. The molecule has 0 spiro atoms. The van der Waals surface area contributed by atoms with Crippen molar-refractivity contribution in [2.45, 2.75) is 50.5 Å². The molecule has 3 rings (SSSR count). The molecule has 1 aliphatic heterocycles. The molecule has 1 saturated heterocycles. The van der Waals surface area contributed by atoms with Crippen LogP contribution in [0.5, 0.6) is 0 Å². The fraction of sp³-hybridized carbons (Fsp3) is 0.714. The first-order valence-corrected chi connectivity index (χ1v) is 9.31. The van der Waals surface area contributed by atoms with E-state index in [1.165, 1.54) is 16.6 Å². The molecule has 1 aliphatic carbocycles. The van der Waals surface area contributed by atoms with Gasteiger partial charge >= 0.3 is 0 Å². The molecule has 8 heteroatoms. The van der Waals surface area contributed by atoms with Crippen molar-refractivity contribution < 1.29 is 8.42 Å². The Hall–Kier alpha value is -1.25. The molecular formula is C14H22N4O3S. The number of hydrogen-bond acceptors (Lipinski definition) is 4. The lowest BCUT2D eigenvalue weighted by molar-refractivity contribution is 0.355. The van der Waals surface area contributed by atoms with E-state index in [9.17, 15) is 13.2 Å². The SMILES string of the molecule is O=c1ccnc(C2CCC(NS(=O)(=O)N3CCCC3)CC2)[nH]1. The van der Waals surface area contributed by atoms with Crippen LogP contribution in [0.2, 0.25) is 0 Å². The van der Waals surface area contributed by atoms with E-state index in [0.29, 0.717) is 18.9 Å². The van der Waals surface area contributed by atoms with E-state index in [0.717, 1.165) is 38.5 Å². The molecule has 2 fully saturated rings. The van der Waals surface area contributed by atoms with Gasteiger partial charge in [0.2, 0.25) is 0 Å². The summed E-state index contributed by atoms with van der Waals surface area (Å²) >= 11 is 0. The molecule has 2 aliphatic rings. The topological polar surface area (TPSA) is 95.2 Å². The van der Waals surface area contributed by atoms with Crippen molar-refractivity contribution in [2.24, 2.45) is 0 Å². The second-order valence-electron chi connectivity index (χ2n) is 6.10. The van der Waals surface area contributed by atoms with Crippen molar-refractivity contribution in [3.05, 3.63) is 28.4 Å². The fourth-order valence-corrected chi connectivity index (χ4v) is 4.84. The van der Waals surface area contributed by atoms with Crippen LogP contribution in [0.15, 0.2) is 17.1 Å². The van der Waals surface area contributed by atoms with Crippen LogP contribution in [0.3, 0.4) is 0 Å². The van der Waals surface area contributed by atoms with Crippen LogP contribution in [0.4, 0.5) is 0 Å². The van der Waals surface area contributed by atoms with E-state index >= 15 is 0 Å². The zero-order valence-corrected chi connectivity index (χ0v) is 13.3. The van der Waals surface area contributed by atoms with Gasteiger partial charge in [-0.1, -0.05) is 0 Å². The smallest absolute Gasteiger partial charge is 0.279 e. The molecule has 0 bridgehead atoms. The van der Waals surface area contributed by atoms with Gasteiger partial charge in [0.25, 0.3) is 15.8 Å². The van der Waals surface area contributed by atoms with Gasteiger partial charge in [0.1, 0.15) is 5.82 Å². The summed E-state index contributed by atoms with van der Waals surface area (Å²) < 4.78 is 28.9. The predicted octanol–water partition coefficient (Wildman–Crippen LogP) is 0.726. The summed E-state index contributed by atoms with van der Waals surface area (Å²) in [7, 11) is -3.34. The Balaban J connectivity index is 1.56. The number of hydrogen-bond donors (Lipinski definition) is 2. The number of aromatic amines is 1. The summed E-state index contributed by atoms with van der Waals surface area (Å²) in [5, 5.41) is 0. The van der Waals surface area contributed by atoms with Gasteiger partial charge in [0.15, 0.2) is 0 Å². The lowest BCUT2D eigenvalue weighted by Gasteiger charge is -2.29. The van der Waals surface area contributed by atoms with Gasteiger partial charge in [-0.05, 0) is 38.5 Å². The van der Waals surface area contributed by atoms with Crippen LogP contribution < -0.4 is 10.3 Å². The highest BCUT2D eigenvalue weighted by Crippen LogP contribution is 2.31. The summed E-state index contributed by atoms with van der Waals surface area (Å²) in [5.74, 6) is 0.926. The molecule has 2 N–H and O–H groups in total. The minimum absolute atomic E-state index is 0.0164. The molecule has 7 nitrogen and oxygen atoms in total. The summed E-state index contributed by atoms with van der Waals surface area (Å²) in [4.78, 5) is 18.3. The third-order valence-corrected chi connectivity index (χ3v) is 6.20. The molecule has 1 aromatic heterocycles. The van der Waals surface area contributed by atoms with Crippen LogP contribution in [0.1, 0.15) is 50.3 Å². The first-order valence-electron chi connectivity index (χ1n) is 7.87. The Morgan fingerprint density at radius 1 is 1.18 bits per heavy atom. The molecular weight excluding hydrogens is 304 g/mol. The van der Waals surface area contributed by atoms with Crippen LogP contribution in [-0.2, 0) is 10.2 Å². The van der Waals surface area contributed by atoms with E-state index in [-0.39, 0.29) is 17.5 Å². The van der Waals surface area contributed by atoms with Crippen molar-refractivity contribution in [3.63, 3.8) is 0 Å². The van der Waals surface area contributed by atoms with Crippen molar-refractivity contribution in [2.75, 3.05) is 13.1 Å². The largest absolute Gasteiger partial charge is 0.310 e. The van der Waals surface area contributed by atoms with Gasteiger partial charge in [-0.25, -0.2) is 4.98 Å². The first-order chi connectivity index (χ1) is 10.5.